The van der Waals surface area contributed by atoms with Gasteiger partial charge in [-0.2, -0.15) is 8.78 Å². The number of benzene rings is 3. The zero-order valence-electron chi connectivity index (χ0n) is 24.1. The lowest BCUT2D eigenvalue weighted by atomic mass is 9.94. The van der Waals surface area contributed by atoms with Crippen LogP contribution in [0.15, 0.2) is 84.9 Å². The van der Waals surface area contributed by atoms with Crippen LogP contribution in [-0.4, -0.2) is 48.1 Å². The molecule has 0 aliphatic rings. The average molecular weight is 612 g/mol. The molecule has 3 aromatic rings. The van der Waals surface area contributed by atoms with Crippen LogP contribution in [-0.2, 0) is 38.4 Å². The van der Waals surface area contributed by atoms with Crippen molar-refractivity contribution in [1.29, 1.82) is 0 Å². The number of halogens is 3. The molecule has 0 saturated heterocycles. The summed E-state index contributed by atoms with van der Waals surface area (Å²) in [5.74, 6) is -9.86. The molecule has 0 saturated carbocycles. The minimum absolute atomic E-state index is 0.0483. The molecular formula is C33H36ClF2N3O4. The monoisotopic (exact) mass is 611 g/mol. The number of amides is 3. The number of alkyl halides is 2. The molecule has 0 fully saturated rings. The number of nitrogens with one attached hydrogen (secondary N) is 3. The first-order chi connectivity index (χ1) is 20.5. The normalized spacial score (nSPS) is 12.7. The van der Waals surface area contributed by atoms with Gasteiger partial charge in [0.2, 0.25) is 17.6 Å². The second-order valence-electron chi connectivity index (χ2n) is 10.6. The molecule has 0 heterocycles. The molecule has 0 bridgehead atoms. The van der Waals surface area contributed by atoms with Gasteiger partial charge in [0.1, 0.15) is 6.04 Å². The van der Waals surface area contributed by atoms with Crippen LogP contribution in [0.3, 0.4) is 0 Å². The van der Waals surface area contributed by atoms with Crippen molar-refractivity contribution in [3.8, 4) is 0 Å². The van der Waals surface area contributed by atoms with Gasteiger partial charge in [0.25, 0.3) is 5.91 Å². The van der Waals surface area contributed by atoms with E-state index in [0.717, 1.165) is 11.1 Å². The summed E-state index contributed by atoms with van der Waals surface area (Å²) < 4.78 is 30.1. The molecule has 1 unspecified atom stereocenters. The fraction of sp³-hybridized carbons (Fsp3) is 0.333. The minimum atomic E-state index is -4.38. The first kappa shape index (κ1) is 33.4. The molecule has 10 heteroatoms. The van der Waals surface area contributed by atoms with Gasteiger partial charge in [0, 0.05) is 24.4 Å². The summed E-state index contributed by atoms with van der Waals surface area (Å²) in [6.07, 6.45) is 0.780. The van der Waals surface area contributed by atoms with Gasteiger partial charge < -0.3 is 16.0 Å². The number of hydrogen-bond donors (Lipinski definition) is 3. The SMILES string of the molecule is CC(C)[C@H](NC(=O)C(Cc1ccccc1)NC(=O)CCc1cccc(Cl)c1)C(=O)C(F)(F)C(=O)NCCc1ccccc1. The highest BCUT2D eigenvalue weighted by Gasteiger charge is 2.51. The lowest BCUT2D eigenvalue weighted by Crippen LogP contribution is -2.59. The van der Waals surface area contributed by atoms with Crippen LogP contribution in [0.2, 0.25) is 5.02 Å². The van der Waals surface area contributed by atoms with E-state index in [-0.39, 0.29) is 19.4 Å². The third kappa shape index (κ3) is 10.3. The maximum atomic E-state index is 15.1. The van der Waals surface area contributed by atoms with Gasteiger partial charge in [-0.25, -0.2) is 0 Å². The molecule has 0 aliphatic heterocycles. The number of Topliss-reactive ketones (excluding diaryl/α,β-unsaturated/α-hetero) is 1. The molecule has 2 atom stereocenters. The molecule has 3 rings (SSSR count). The van der Waals surface area contributed by atoms with Crippen LogP contribution in [0.5, 0.6) is 0 Å². The van der Waals surface area contributed by atoms with Crippen LogP contribution in [0.1, 0.15) is 37.0 Å². The summed E-state index contributed by atoms with van der Waals surface area (Å²) in [5.41, 5.74) is 2.39. The zero-order valence-corrected chi connectivity index (χ0v) is 24.9. The number of ketones is 1. The molecule has 228 valence electrons. The molecule has 3 aromatic carbocycles. The number of carbonyl (C=O) groups excluding carboxylic acids is 4. The molecule has 43 heavy (non-hydrogen) atoms. The smallest absolute Gasteiger partial charge is 0.350 e. The van der Waals surface area contributed by atoms with Crippen LogP contribution in [0.25, 0.3) is 0 Å². The minimum Gasteiger partial charge on any atom is -0.350 e. The quantitative estimate of drug-likeness (QED) is 0.217. The van der Waals surface area contributed by atoms with E-state index >= 15 is 8.78 Å². The Morgan fingerprint density at radius 2 is 1.40 bits per heavy atom. The summed E-state index contributed by atoms with van der Waals surface area (Å²) in [4.78, 5) is 51.6. The van der Waals surface area contributed by atoms with Crippen LogP contribution in [0, 0.1) is 5.92 Å². The van der Waals surface area contributed by atoms with Crippen LogP contribution in [0.4, 0.5) is 8.78 Å². The number of carbonyl (C=O) groups is 4. The Morgan fingerprint density at radius 3 is 2.00 bits per heavy atom. The van der Waals surface area contributed by atoms with Crippen molar-refractivity contribution in [2.24, 2.45) is 5.92 Å². The summed E-state index contributed by atoms with van der Waals surface area (Å²) in [5, 5.41) is 7.72. The second-order valence-corrected chi connectivity index (χ2v) is 11.0. The van der Waals surface area contributed by atoms with Crippen molar-refractivity contribution in [3.05, 3.63) is 107 Å². The molecule has 0 radical (unpaired) electrons. The number of aryl methyl sites for hydroxylation is 1. The Labute approximate surface area is 255 Å². The molecule has 3 amide bonds. The summed E-state index contributed by atoms with van der Waals surface area (Å²) >= 11 is 6.02. The Morgan fingerprint density at radius 1 is 0.791 bits per heavy atom. The van der Waals surface area contributed by atoms with Crippen LogP contribution < -0.4 is 16.0 Å². The van der Waals surface area contributed by atoms with E-state index < -0.39 is 47.4 Å². The van der Waals surface area contributed by atoms with Gasteiger partial charge in [0.05, 0.1) is 6.04 Å². The fourth-order valence-electron chi connectivity index (χ4n) is 4.45. The molecular weight excluding hydrogens is 576 g/mol. The van der Waals surface area contributed by atoms with Gasteiger partial charge in [-0.05, 0) is 47.6 Å². The Bertz CT molecular complexity index is 1390. The van der Waals surface area contributed by atoms with Crippen molar-refractivity contribution >= 4 is 35.1 Å². The second kappa shape index (κ2) is 15.9. The molecule has 7 nitrogen and oxygen atoms in total. The predicted octanol–water partition coefficient (Wildman–Crippen LogP) is 4.70. The number of hydrogen-bond acceptors (Lipinski definition) is 4. The standard InChI is InChI=1S/C33H36ClF2N3O4/c1-22(2)29(30(41)33(35,36)32(43)37-19-18-23-10-5-3-6-11-23)39-31(42)27(21-24-12-7-4-8-13-24)38-28(40)17-16-25-14-9-15-26(34)20-25/h3-15,20,22,27,29H,16-19,21H2,1-2H3,(H,37,43)(H,38,40)(H,39,42)/t27?,29-/m0/s1. The maximum absolute atomic E-state index is 15.1. The fourth-order valence-corrected chi connectivity index (χ4v) is 4.66. The Balaban J connectivity index is 1.68. The van der Waals surface area contributed by atoms with E-state index in [1.165, 1.54) is 13.8 Å². The molecule has 3 N–H and O–H groups in total. The van der Waals surface area contributed by atoms with Crippen molar-refractivity contribution in [3.63, 3.8) is 0 Å². The van der Waals surface area contributed by atoms with E-state index in [2.05, 4.69) is 16.0 Å². The van der Waals surface area contributed by atoms with Crippen molar-refractivity contribution in [2.75, 3.05) is 6.54 Å². The van der Waals surface area contributed by atoms with Gasteiger partial charge in [0.15, 0.2) is 0 Å². The predicted molar refractivity (Wildman–Crippen MR) is 162 cm³/mol. The highest BCUT2D eigenvalue weighted by Crippen LogP contribution is 2.21. The van der Waals surface area contributed by atoms with E-state index in [4.69, 9.17) is 11.6 Å². The first-order valence-electron chi connectivity index (χ1n) is 14.1. The Hall–Kier alpha value is -4.11. The highest BCUT2D eigenvalue weighted by molar-refractivity contribution is 6.30. The summed E-state index contributed by atoms with van der Waals surface area (Å²) in [6, 6.07) is 22.0. The van der Waals surface area contributed by atoms with Crippen molar-refractivity contribution < 1.29 is 28.0 Å². The topological polar surface area (TPSA) is 104 Å². The highest BCUT2D eigenvalue weighted by atomic mass is 35.5. The molecule has 0 aliphatic carbocycles. The maximum Gasteiger partial charge on any atom is 0.383 e. The average Bonchev–Trinajstić information content (AvgIpc) is 2.99. The zero-order chi connectivity index (χ0) is 31.4. The van der Waals surface area contributed by atoms with E-state index in [1.54, 1.807) is 72.8 Å². The van der Waals surface area contributed by atoms with Crippen LogP contribution >= 0.6 is 11.6 Å². The van der Waals surface area contributed by atoms with Crippen molar-refractivity contribution in [2.45, 2.75) is 57.5 Å². The van der Waals surface area contributed by atoms with Gasteiger partial charge in [-0.1, -0.05) is 98.2 Å². The summed E-state index contributed by atoms with van der Waals surface area (Å²) in [6.45, 7) is 2.88. The Kier molecular flexibility index (Phi) is 12.4. The van der Waals surface area contributed by atoms with E-state index in [1.807, 2.05) is 12.1 Å². The lowest BCUT2D eigenvalue weighted by Gasteiger charge is -2.27. The summed E-state index contributed by atoms with van der Waals surface area (Å²) in [7, 11) is 0. The van der Waals surface area contributed by atoms with Crippen molar-refractivity contribution in [1.82, 2.24) is 16.0 Å². The van der Waals surface area contributed by atoms with E-state index in [0.29, 0.717) is 23.4 Å². The van der Waals surface area contributed by atoms with Gasteiger partial charge in [-0.3, -0.25) is 19.2 Å². The largest absolute Gasteiger partial charge is 0.383 e. The first-order valence-corrected chi connectivity index (χ1v) is 14.5. The molecule has 0 spiro atoms. The third-order valence-electron chi connectivity index (χ3n) is 6.85. The van der Waals surface area contributed by atoms with Gasteiger partial charge >= 0.3 is 5.92 Å². The molecule has 0 aromatic heterocycles. The number of rotatable bonds is 15. The van der Waals surface area contributed by atoms with Gasteiger partial charge in [-0.15, -0.1) is 0 Å². The third-order valence-corrected chi connectivity index (χ3v) is 7.08. The van der Waals surface area contributed by atoms with E-state index in [9.17, 15) is 19.2 Å². The lowest BCUT2D eigenvalue weighted by molar-refractivity contribution is -0.161.